The third-order valence-corrected chi connectivity index (χ3v) is 6.22. The van der Waals surface area contributed by atoms with E-state index in [0.29, 0.717) is 24.1 Å². The van der Waals surface area contributed by atoms with E-state index in [-0.39, 0.29) is 5.56 Å². The van der Waals surface area contributed by atoms with Gasteiger partial charge in [0.2, 0.25) is 5.95 Å². The van der Waals surface area contributed by atoms with Gasteiger partial charge in [0.15, 0.2) is 0 Å². The van der Waals surface area contributed by atoms with Gasteiger partial charge in [0.25, 0.3) is 5.56 Å². The first kappa shape index (κ1) is 18.4. The maximum Gasteiger partial charge on any atom is 0.268 e. The second kappa shape index (κ2) is 7.59. The van der Waals surface area contributed by atoms with E-state index in [2.05, 4.69) is 12.4 Å². The zero-order chi connectivity index (χ0) is 19.0. The topological polar surface area (TPSA) is 60.6 Å². The molecule has 0 spiro atoms. The van der Waals surface area contributed by atoms with Gasteiger partial charge in [-0.3, -0.25) is 4.79 Å². The van der Waals surface area contributed by atoms with Crippen molar-refractivity contribution in [2.75, 3.05) is 39.2 Å². The maximum absolute atomic E-state index is 13.5. The lowest BCUT2D eigenvalue weighted by Gasteiger charge is -2.19. The molecule has 0 amide bonds. The molecule has 3 heterocycles. The summed E-state index contributed by atoms with van der Waals surface area (Å²) in [7, 11) is 3.83. The summed E-state index contributed by atoms with van der Waals surface area (Å²) >= 11 is 7.67. The Hall–Kier alpha value is -1.93. The van der Waals surface area contributed by atoms with E-state index in [9.17, 15) is 4.79 Å². The van der Waals surface area contributed by atoms with Gasteiger partial charge in [-0.2, -0.15) is 0 Å². The maximum atomic E-state index is 13.5. The fourth-order valence-corrected chi connectivity index (χ4v) is 4.92. The molecule has 0 fully saturated rings. The molecule has 0 saturated heterocycles. The van der Waals surface area contributed by atoms with Gasteiger partial charge in [0.05, 0.1) is 36.2 Å². The number of rotatable bonds is 5. The fourth-order valence-electron chi connectivity index (χ4n) is 3.47. The van der Waals surface area contributed by atoms with Crippen LogP contribution in [0.3, 0.4) is 0 Å². The number of aromatic nitrogens is 2. The number of halogens is 1. The predicted molar refractivity (Wildman–Crippen MR) is 110 cm³/mol. The van der Waals surface area contributed by atoms with Gasteiger partial charge in [-0.05, 0) is 29.8 Å². The molecule has 0 aliphatic carbocycles. The van der Waals surface area contributed by atoms with E-state index in [1.165, 1.54) is 15.3 Å². The molecule has 142 valence electrons. The SMILES string of the molecule is COCCNc1nc2sc3c(c2c(=O)n1-c1ccc(Cl)cc1)CC[NH+](C)C3. The average molecular weight is 406 g/mol. The molecule has 4 rings (SSSR count). The second-order valence-electron chi connectivity index (χ2n) is 6.79. The van der Waals surface area contributed by atoms with Gasteiger partial charge >= 0.3 is 0 Å². The Morgan fingerprint density at radius 1 is 1.37 bits per heavy atom. The van der Waals surface area contributed by atoms with E-state index >= 15 is 0 Å². The van der Waals surface area contributed by atoms with E-state index in [1.807, 2.05) is 12.1 Å². The summed E-state index contributed by atoms with van der Waals surface area (Å²) in [6.07, 6.45) is 0.912. The highest BCUT2D eigenvalue weighted by Gasteiger charge is 2.26. The van der Waals surface area contributed by atoms with Gasteiger partial charge in [-0.15, -0.1) is 11.3 Å². The highest BCUT2D eigenvalue weighted by molar-refractivity contribution is 7.18. The number of anilines is 1. The van der Waals surface area contributed by atoms with Gasteiger partial charge in [0.1, 0.15) is 11.4 Å². The molecular formula is C19H22ClN4O2S+. The number of likely N-dealkylation sites (N-methyl/N-ethyl adjacent to an activating group) is 1. The lowest BCUT2D eigenvalue weighted by Crippen LogP contribution is -3.08. The standard InChI is InChI=1S/C19H21ClN4O2S/c1-23-9-7-14-15(11-23)27-17-16(14)18(25)24(13-5-3-12(20)4-6-13)19(22-17)21-8-10-26-2/h3-6H,7-11H2,1-2H3,(H,21,22)/p+1. The average Bonchev–Trinajstić information content (AvgIpc) is 3.00. The highest BCUT2D eigenvalue weighted by Crippen LogP contribution is 2.30. The van der Waals surface area contributed by atoms with E-state index in [1.54, 1.807) is 35.1 Å². The first-order valence-electron chi connectivity index (χ1n) is 8.96. The molecular weight excluding hydrogens is 384 g/mol. The summed E-state index contributed by atoms with van der Waals surface area (Å²) in [4.78, 5) is 21.9. The number of nitrogens with one attached hydrogen (secondary N) is 2. The Kier molecular flexibility index (Phi) is 5.19. The van der Waals surface area contributed by atoms with Crippen molar-refractivity contribution in [2.24, 2.45) is 0 Å². The molecule has 1 aliphatic rings. The van der Waals surface area contributed by atoms with E-state index in [4.69, 9.17) is 21.3 Å². The minimum atomic E-state index is -0.0284. The summed E-state index contributed by atoms with van der Waals surface area (Å²) in [5, 5.41) is 4.64. The molecule has 1 atom stereocenters. The number of fused-ring (bicyclic) bond motifs is 3. The zero-order valence-electron chi connectivity index (χ0n) is 15.3. The van der Waals surface area contributed by atoms with Crippen molar-refractivity contribution in [3.63, 3.8) is 0 Å². The molecule has 0 radical (unpaired) electrons. The van der Waals surface area contributed by atoms with Crippen LogP contribution in [0, 0.1) is 0 Å². The molecule has 1 aliphatic heterocycles. The van der Waals surface area contributed by atoms with Crippen LogP contribution in [0.25, 0.3) is 15.9 Å². The summed E-state index contributed by atoms with van der Waals surface area (Å²) in [6.45, 7) is 3.08. The van der Waals surface area contributed by atoms with Crippen LogP contribution in [0.5, 0.6) is 0 Å². The van der Waals surface area contributed by atoms with Crippen LogP contribution in [0.1, 0.15) is 10.4 Å². The Bertz CT molecular complexity index is 1030. The van der Waals surface area contributed by atoms with Crippen molar-refractivity contribution in [2.45, 2.75) is 13.0 Å². The highest BCUT2D eigenvalue weighted by atomic mass is 35.5. The molecule has 0 bridgehead atoms. The van der Waals surface area contributed by atoms with Crippen molar-refractivity contribution in [3.8, 4) is 5.69 Å². The number of benzene rings is 1. The Balaban J connectivity index is 1.92. The van der Waals surface area contributed by atoms with Gasteiger partial charge in [0, 0.05) is 25.1 Å². The summed E-state index contributed by atoms with van der Waals surface area (Å²) in [5.41, 5.74) is 1.89. The lowest BCUT2D eigenvalue weighted by molar-refractivity contribution is -0.895. The molecule has 3 aromatic rings. The van der Waals surface area contributed by atoms with Crippen LogP contribution in [0.4, 0.5) is 5.95 Å². The normalized spacial score (nSPS) is 16.5. The Morgan fingerprint density at radius 2 is 2.15 bits per heavy atom. The molecule has 8 heteroatoms. The van der Waals surface area contributed by atoms with Crippen LogP contribution in [0.2, 0.25) is 5.02 Å². The minimum Gasteiger partial charge on any atom is -0.383 e. The molecule has 27 heavy (non-hydrogen) atoms. The number of thiophene rings is 1. The van der Waals surface area contributed by atoms with Crippen LogP contribution in [-0.2, 0) is 17.7 Å². The van der Waals surface area contributed by atoms with Gasteiger partial charge in [-0.1, -0.05) is 11.6 Å². The summed E-state index contributed by atoms with van der Waals surface area (Å²) in [5.74, 6) is 0.533. The molecule has 1 unspecified atom stereocenters. The third-order valence-electron chi connectivity index (χ3n) is 4.85. The van der Waals surface area contributed by atoms with Crippen LogP contribution >= 0.6 is 22.9 Å². The van der Waals surface area contributed by atoms with E-state index < -0.39 is 0 Å². The molecule has 2 aromatic heterocycles. The largest absolute Gasteiger partial charge is 0.383 e. The Morgan fingerprint density at radius 3 is 2.89 bits per heavy atom. The first-order chi connectivity index (χ1) is 13.1. The van der Waals surface area contributed by atoms with Crippen molar-refractivity contribution in [1.29, 1.82) is 0 Å². The van der Waals surface area contributed by atoms with Crippen LogP contribution in [0.15, 0.2) is 29.1 Å². The lowest BCUT2D eigenvalue weighted by atomic mass is 10.1. The van der Waals surface area contributed by atoms with E-state index in [0.717, 1.165) is 35.4 Å². The number of ether oxygens (including phenoxy) is 1. The minimum absolute atomic E-state index is 0.0284. The van der Waals surface area contributed by atoms with Gasteiger partial charge in [-0.25, -0.2) is 9.55 Å². The summed E-state index contributed by atoms with van der Waals surface area (Å²) < 4.78 is 6.77. The number of methoxy groups -OCH3 is 1. The molecule has 6 nitrogen and oxygen atoms in total. The van der Waals surface area contributed by atoms with Crippen molar-refractivity contribution >= 4 is 39.1 Å². The monoisotopic (exact) mass is 405 g/mol. The number of hydrogen-bond donors (Lipinski definition) is 2. The number of hydrogen-bond acceptors (Lipinski definition) is 5. The van der Waals surface area contributed by atoms with Crippen LogP contribution in [-0.4, -0.2) is 43.4 Å². The van der Waals surface area contributed by atoms with Crippen molar-refractivity contribution < 1.29 is 9.64 Å². The predicted octanol–water partition coefficient (Wildman–Crippen LogP) is 1.73. The van der Waals surface area contributed by atoms with Crippen molar-refractivity contribution in [3.05, 3.63) is 50.1 Å². The first-order valence-corrected chi connectivity index (χ1v) is 10.1. The van der Waals surface area contributed by atoms with Crippen molar-refractivity contribution in [1.82, 2.24) is 9.55 Å². The quantitative estimate of drug-likeness (QED) is 0.635. The van der Waals surface area contributed by atoms with Crippen LogP contribution < -0.4 is 15.8 Å². The zero-order valence-corrected chi connectivity index (χ0v) is 16.9. The van der Waals surface area contributed by atoms with Gasteiger partial charge < -0.3 is 15.0 Å². The Labute approximate surface area is 166 Å². The molecule has 0 saturated carbocycles. The second-order valence-corrected chi connectivity index (χ2v) is 8.31. The number of nitrogens with zero attached hydrogens (tertiary/aromatic N) is 2. The summed E-state index contributed by atoms with van der Waals surface area (Å²) in [6, 6.07) is 7.26. The molecule has 1 aromatic carbocycles. The number of quaternary nitrogens is 1. The smallest absolute Gasteiger partial charge is 0.268 e. The molecule has 2 N–H and O–H groups in total. The fraction of sp³-hybridized carbons (Fsp3) is 0.368. The third kappa shape index (κ3) is 3.48.